The molecule has 0 radical (unpaired) electrons. The number of non-ortho nitro benzene ring substituents is 1. The van der Waals surface area contributed by atoms with Gasteiger partial charge in [0.1, 0.15) is 5.54 Å². The third kappa shape index (κ3) is 5.74. The minimum absolute atomic E-state index is 0. The van der Waals surface area contributed by atoms with Gasteiger partial charge in [0.15, 0.2) is 18.9 Å². The van der Waals surface area contributed by atoms with Gasteiger partial charge in [0, 0.05) is 54.8 Å². The number of hydrogen-bond donors (Lipinski definition) is 0. The van der Waals surface area contributed by atoms with E-state index in [1.54, 1.807) is 24.3 Å². The summed E-state index contributed by atoms with van der Waals surface area (Å²) in [4.78, 5) is 17.9. The average Bonchev–Trinajstić information content (AvgIpc) is 3.10. The Balaban J connectivity index is 0.00000342. The van der Waals surface area contributed by atoms with Crippen molar-refractivity contribution in [1.29, 1.82) is 0 Å². The minimum Gasteiger partial charge on any atom is -1.00 e. The Bertz CT molecular complexity index is 1220. The molecule has 0 saturated heterocycles. The summed E-state index contributed by atoms with van der Waals surface area (Å²) < 4.78 is 2.07. The van der Waals surface area contributed by atoms with Crippen molar-refractivity contribution in [3.8, 4) is 0 Å². The van der Waals surface area contributed by atoms with E-state index in [1.165, 1.54) is 0 Å². The molecular formula is C28H29BrN4O2. The molecule has 2 aromatic carbocycles. The van der Waals surface area contributed by atoms with Crippen LogP contribution in [0.25, 0.3) is 0 Å². The lowest BCUT2D eigenvalue weighted by Gasteiger charge is -2.30. The Morgan fingerprint density at radius 3 is 2.17 bits per heavy atom. The second-order valence-electron chi connectivity index (χ2n) is 8.19. The van der Waals surface area contributed by atoms with Crippen LogP contribution >= 0.6 is 0 Å². The number of nitrogens with zero attached hydrogens (tertiary/aromatic N) is 4. The van der Waals surface area contributed by atoms with Crippen LogP contribution < -0.4 is 21.5 Å². The molecule has 0 fully saturated rings. The molecule has 3 aromatic rings. The van der Waals surface area contributed by atoms with Crippen LogP contribution in [0.1, 0.15) is 30.5 Å². The number of pyridine rings is 1. The number of aliphatic imine (C=N–C) groups is 1. The third-order valence-corrected chi connectivity index (χ3v) is 6.17. The predicted molar refractivity (Wildman–Crippen MR) is 135 cm³/mol. The van der Waals surface area contributed by atoms with E-state index in [-0.39, 0.29) is 27.6 Å². The Hall–Kier alpha value is -3.58. The standard InChI is InChI=1S/C28H29N4O2.BrH/c1-3-31(4-2)27-11-8-18-29-28(21-27,24-9-6-5-7-10-24)25-16-19-30(20-17-25)22-23-12-14-26(15-13-23)32(33)34;/h5-21H,3-4,22H2,1-2H3;1H/q+1;/p-1. The Kier molecular flexibility index (Phi) is 8.71. The average molecular weight is 533 g/mol. The first-order chi connectivity index (χ1) is 16.6. The van der Waals surface area contributed by atoms with E-state index in [0.717, 1.165) is 35.5 Å². The summed E-state index contributed by atoms with van der Waals surface area (Å²) in [5.74, 6) is 0. The normalized spacial score (nSPS) is 16.7. The van der Waals surface area contributed by atoms with Gasteiger partial charge in [-0.25, -0.2) is 4.57 Å². The Morgan fingerprint density at radius 1 is 0.943 bits per heavy atom. The fourth-order valence-electron chi connectivity index (χ4n) is 4.31. The predicted octanol–water partition coefficient (Wildman–Crippen LogP) is 2.04. The molecule has 2 heterocycles. The van der Waals surface area contributed by atoms with Gasteiger partial charge in [0.05, 0.1) is 4.92 Å². The number of halogens is 1. The van der Waals surface area contributed by atoms with Gasteiger partial charge < -0.3 is 21.9 Å². The van der Waals surface area contributed by atoms with Crippen LogP contribution in [-0.4, -0.2) is 29.1 Å². The molecule has 0 bridgehead atoms. The van der Waals surface area contributed by atoms with Crippen molar-refractivity contribution in [3.05, 3.63) is 130 Å². The number of hydrogen-bond acceptors (Lipinski definition) is 4. The molecule has 1 aromatic heterocycles. The largest absolute Gasteiger partial charge is 1.00 e. The minimum atomic E-state index is -0.644. The molecule has 0 amide bonds. The summed E-state index contributed by atoms with van der Waals surface area (Å²) in [6, 6.07) is 21.3. The van der Waals surface area contributed by atoms with E-state index in [9.17, 15) is 10.1 Å². The lowest BCUT2D eigenvalue weighted by atomic mass is 9.83. The van der Waals surface area contributed by atoms with Gasteiger partial charge in [0.25, 0.3) is 5.69 Å². The Labute approximate surface area is 216 Å². The Morgan fingerprint density at radius 2 is 1.57 bits per heavy atom. The SMILES string of the molecule is CCN(CC)C1=CC(c2ccccc2)(c2cc[n+](Cc3ccc([N+](=O)[O-])cc3)cc2)N=CC=C1.[Br-]. The maximum absolute atomic E-state index is 10.9. The van der Waals surface area contributed by atoms with Gasteiger partial charge in [-0.2, -0.15) is 0 Å². The number of benzene rings is 2. The van der Waals surface area contributed by atoms with Crippen LogP contribution in [0.15, 0.2) is 108 Å². The summed E-state index contributed by atoms with van der Waals surface area (Å²) in [6.45, 7) is 6.79. The second kappa shape index (κ2) is 11.7. The maximum atomic E-state index is 10.9. The molecule has 180 valence electrons. The van der Waals surface area contributed by atoms with Crippen molar-refractivity contribution in [3.63, 3.8) is 0 Å². The number of allylic oxidation sites excluding steroid dienone is 2. The molecule has 0 aliphatic carbocycles. The van der Waals surface area contributed by atoms with Crippen molar-refractivity contribution >= 4 is 11.9 Å². The lowest BCUT2D eigenvalue weighted by Crippen LogP contribution is -3.00. The first-order valence-electron chi connectivity index (χ1n) is 11.5. The van der Waals surface area contributed by atoms with Crippen molar-refractivity contribution in [2.24, 2.45) is 4.99 Å². The molecule has 0 N–H and O–H groups in total. The van der Waals surface area contributed by atoms with Crippen molar-refractivity contribution in [2.45, 2.75) is 25.9 Å². The highest BCUT2D eigenvalue weighted by molar-refractivity contribution is 5.75. The molecule has 1 aliphatic rings. The van der Waals surface area contributed by atoms with Crippen LogP contribution in [-0.2, 0) is 12.1 Å². The van der Waals surface area contributed by atoms with E-state index < -0.39 is 5.54 Å². The summed E-state index contributed by atoms with van der Waals surface area (Å²) in [6.07, 6.45) is 12.4. The van der Waals surface area contributed by atoms with Crippen molar-refractivity contribution < 1.29 is 26.5 Å². The number of nitro groups is 1. The molecule has 1 unspecified atom stereocenters. The molecule has 35 heavy (non-hydrogen) atoms. The van der Waals surface area contributed by atoms with Crippen LogP contribution in [0.3, 0.4) is 0 Å². The molecule has 0 spiro atoms. The molecule has 7 heteroatoms. The van der Waals surface area contributed by atoms with E-state index in [4.69, 9.17) is 4.99 Å². The quantitative estimate of drug-likeness (QED) is 0.253. The molecule has 4 rings (SSSR count). The highest BCUT2D eigenvalue weighted by Crippen LogP contribution is 2.37. The van der Waals surface area contributed by atoms with Gasteiger partial charge in [-0.15, -0.1) is 0 Å². The first kappa shape index (κ1) is 26.0. The molecule has 1 atom stereocenters. The summed E-state index contributed by atoms with van der Waals surface area (Å²) in [5, 5.41) is 10.9. The zero-order chi connectivity index (χ0) is 24.0. The van der Waals surface area contributed by atoms with Crippen LogP contribution in [0.5, 0.6) is 0 Å². The maximum Gasteiger partial charge on any atom is 0.269 e. The molecule has 0 saturated carbocycles. The second-order valence-corrected chi connectivity index (χ2v) is 8.19. The van der Waals surface area contributed by atoms with Gasteiger partial charge in [-0.1, -0.05) is 30.3 Å². The summed E-state index contributed by atoms with van der Waals surface area (Å²) in [5.41, 5.74) is 3.78. The highest BCUT2D eigenvalue weighted by Gasteiger charge is 2.33. The van der Waals surface area contributed by atoms with Gasteiger partial charge in [-0.05, 0) is 55.3 Å². The monoisotopic (exact) mass is 532 g/mol. The fourth-order valence-corrected chi connectivity index (χ4v) is 4.31. The zero-order valence-corrected chi connectivity index (χ0v) is 21.5. The molecule has 6 nitrogen and oxygen atoms in total. The summed E-state index contributed by atoms with van der Waals surface area (Å²) >= 11 is 0. The number of nitro benzene ring substituents is 1. The van der Waals surface area contributed by atoms with Crippen molar-refractivity contribution in [2.75, 3.05) is 13.1 Å². The number of aromatic nitrogens is 1. The fraction of sp³-hybridized carbons (Fsp3) is 0.214. The van der Waals surface area contributed by atoms with E-state index in [0.29, 0.717) is 6.54 Å². The van der Waals surface area contributed by atoms with Crippen molar-refractivity contribution in [1.82, 2.24) is 4.90 Å². The highest BCUT2D eigenvalue weighted by atomic mass is 79.9. The number of likely N-dealkylation sites (N-methyl/N-ethyl adjacent to an activating group) is 1. The lowest BCUT2D eigenvalue weighted by molar-refractivity contribution is -0.688. The van der Waals surface area contributed by atoms with Gasteiger partial charge >= 0.3 is 0 Å². The summed E-state index contributed by atoms with van der Waals surface area (Å²) in [7, 11) is 0. The third-order valence-electron chi connectivity index (χ3n) is 6.17. The van der Waals surface area contributed by atoms with Crippen LogP contribution in [0.2, 0.25) is 0 Å². The number of rotatable bonds is 8. The van der Waals surface area contributed by atoms with Gasteiger partial charge in [0.2, 0.25) is 0 Å². The van der Waals surface area contributed by atoms with Crippen LogP contribution in [0.4, 0.5) is 5.69 Å². The molecule has 1 aliphatic heterocycles. The smallest absolute Gasteiger partial charge is 0.269 e. The zero-order valence-electron chi connectivity index (χ0n) is 19.9. The van der Waals surface area contributed by atoms with Crippen LogP contribution in [0, 0.1) is 10.1 Å². The topological polar surface area (TPSA) is 62.6 Å². The van der Waals surface area contributed by atoms with E-state index in [2.05, 4.69) is 59.7 Å². The van der Waals surface area contributed by atoms with Gasteiger partial charge in [-0.3, -0.25) is 15.1 Å². The first-order valence-corrected chi connectivity index (χ1v) is 11.5. The van der Waals surface area contributed by atoms with E-state index >= 15 is 0 Å². The molecular weight excluding hydrogens is 504 g/mol. The van der Waals surface area contributed by atoms with E-state index in [1.807, 2.05) is 42.9 Å².